The zero-order valence-corrected chi connectivity index (χ0v) is 11.5. The third-order valence-electron chi connectivity index (χ3n) is 2.65. The van der Waals surface area contributed by atoms with Gasteiger partial charge in [0.05, 0.1) is 20.6 Å². The molecular weight excluding hydrogens is 276 g/mol. The van der Waals surface area contributed by atoms with Crippen LogP contribution in [0.4, 0.5) is 5.69 Å². The molecule has 3 rings (SSSR count). The van der Waals surface area contributed by atoms with Crippen LogP contribution in [0.3, 0.4) is 0 Å². The molecule has 1 aromatic heterocycles. The van der Waals surface area contributed by atoms with Crippen molar-refractivity contribution in [2.24, 2.45) is 0 Å². The van der Waals surface area contributed by atoms with E-state index in [9.17, 15) is 4.79 Å². The minimum absolute atomic E-state index is 0.678. The minimum atomic E-state index is 0.678. The summed E-state index contributed by atoms with van der Waals surface area (Å²) in [6.45, 7) is 0. The number of aldehydes is 1. The molecule has 0 amide bonds. The van der Waals surface area contributed by atoms with Gasteiger partial charge in [-0.05, 0) is 48.3 Å². The molecule has 0 spiro atoms. The standard InChI is InChI=1S/C14H10N2OS2/c17-8-10-4-6-11(7-5-10)16-19-13-3-1-2-12-14(13)15-9-18-12/h1-9,16H. The highest BCUT2D eigenvalue weighted by Crippen LogP contribution is 2.29. The quantitative estimate of drug-likeness (QED) is 0.575. The normalized spacial score (nSPS) is 10.5. The Balaban J connectivity index is 1.78. The van der Waals surface area contributed by atoms with Crippen LogP contribution in [0.5, 0.6) is 0 Å². The molecule has 1 heterocycles. The Kier molecular flexibility index (Phi) is 3.48. The van der Waals surface area contributed by atoms with Crippen molar-refractivity contribution in [3.8, 4) is 0 Å². The van der Waals surface area contributed by atoms with E-state index in [0.29, 0.717) is 5.56 Å². The second kappa shape index (κ2) is 5.42. The first-order valence-electron chi connectivity index (χ1n) is 5.67. The van der Waals surface area contributed by atoms with Gasteiger partial charge in [-0.25, -0.2) is 4.98 Å². The average molecular weight is 286 g/mol. The van der Waals surface area contributed by atoms with Crippen LogP contribution in [0.25, 0.3) is 10.2 Å². The van der Waals surface area contributed by atoms with Crippen LogP contribution in [0.2, 0.25) is 0 Å². The fourth-order valence-corrected chi connectivity index (χ4v) is 3.22. The van der Waals surface area contributed by atoms with Gasteiger partial charge in [0.25, 0.3) is 0 Å². The summed E-state index contributed by atoms with van der Waals surface area (Å²) in [6, 6.07) is 13.5. The molecule has 1 N–H and O–H groups in total. The van der Waals surface area contributed by atoms with Crippen LogP contribution in [0.1, 0.15) is 10.4 Å². The topological polar surface area (TPSA) is 42.0 Å². The number of fused-ring (bicyclic) bond motifs is 1. The fraction of sp³-hybridized carbons (Fsp3) is 0. The molecule has 94 valence electrons. The van der Waals surface area contributed by atoms with E-state index < -0.39 is 0 Å². The van der Waals surface area contributed by atoms with Crippen molar-refractivity contribution in [1.82, 2.24) is 4.98 Å². The number of hydrogen-bond donors (Lipinski definition) is 1. The number of carbonyl (C=O) groups excluding carboxylic acids is 1. The van der Waals surface area contributed by atoms with E-state index in [0.717, 1.165) is 22.4 Å². The van der Waals surface area contributed by atoms with E-state index in [1.54, 1.807) is 23.5 Å². The molecule has 2 aromatic carbocycles. The molecule has 0 radical (unpaired) electrons. The highest BCUT2D eigenvalue weighted by Gasteiger charge is 2.04. The zero-order chi connectivity index (χ0) is 13.1. The summed E-state index contributed by atoms with van der Waals surface area (Å²) in [7, 11) is 0. The summed E-state index contributed by atoms with van der Waals surface area (Å²) in [5, 5.41) is 0. The van der Waals surface area contributed by atoms with Gasteiger partial charge in [-0.1, -0.05) is 6.07 Å². The van der Waals surface area contributed by atoms with E-state index in [1.165, 1.54) is 16.6 Å². The van der Waals surface area contributed by atoms with Gasteiger partial charge in [-0.2, -0.15) is 0 Å². The van der Waals surface area contributed by atoms with Crippen molar-refractivity contribution in [2.75, 3.05) is 4.72 Å². The highest BCUT2D eigenvalue weighted by atomic mass is 32.2. The Morgan fingerprint density at radius 1 is 1.16 bits per heavy atom. The van der Waals surface area contributed by atoms with E-state index in [1.807, 2.05) is 29.8 Å². The number of nitrogens with zero attached hydrogens (tertiary/aromatic N) is 1. The Bertz CT molecular complexity index is 707. The first-order chi connectivity index (χ1) is 9.36. The molecule has 0 fully saturated rings. The molecular formula is C14H10N2OS2. The molecule has 0 unspecified atom stereocenters. The maximum atomic E-state index is 10.6. The van der Waals surface area contributed by atoms with Crippen LogP contribution in [-0.4, -0.2) is 11.3 Å². The van der Waals surface area contributed by atoms with Crippen molar-refractivity contribution in [3.05, 3.63) is 53.5 Å². The summed E-state index contributed by atoms with van der Waals surface area (Å²) in [5.74, 6) is 0. The predicted molar refractivity (Wildman–Crippen MR) is 80.9 cm³/mol. The first kappa shape index (κ1) is 12.2. The molecule has 0 bridgehead atoms. The SMILES string of the molecule is O=Cc1ccc(NSc2cccc3scnc23)cc1. The molecule has 0 saturated carbocycles. The number of rotatable bonds is 4. The molecule has 3 nitrogen and oxygen atoms in total. The van der Waals surface area contributed by atoms with Gasteiger partial charge in [0.15, 0.2) is 0 Å². The van der Waals surface area contributed by atoms with Crippen molar-refractivity contribution < 1.29 is 4.79 Å². The monoisotopic (exact) mass is 286 g/mol. The molecule has 0 atom stereocenters. The van der Waals surface area contributed by atoms with Crippen molar-refractivity contribution in [3.63, 3.8) is 0 Å². The molecule has 0 aliphatic heterocycles. The van der Waals surface area contributed by atoms with Crippen LogP contribution in [-0.2, 0) is 0 Å². The lowest BCUT2D eigenvalue weighted by molar-refractivity contribution is 0.112. The van der Waals surface area contributed by atoms with E-state index in [2.05, 4.69) is 15.8 Å². The van der Waals surface area contributed by atoms with Crippen molar-refractivity contribution in [1.29, 1.82) is 0 Å². The third-order valence-corrected chi connectivity index (χ3v) is 4.33. The summed E-state index contributed by atoms with van der Waals surface area (Å²) >= 11 is 3.16. The third kappa shape index (κ3) is 2.62. The minimum Gasteiger partial charge on any atom is -0.326 e. The Labute approximate surface area is 118 Å². The number of nitrogens with one attached hydrogen (secondary N) is 1. The summed E-state index contributed by atoms with van der Waals surface area (Å²) in [5.41, 5.74) is 4.52. The summed E-state index contributed by atoms with van der Waals surface area (Å²) in [6.07, 6.45) is 0.840. The Morgan fingerprint density at radius 3 is 2.79 bits per heavy atom. The van der Waals surface area contributed by atoms with Crippen LogP contribution < -0.4 is 4.72 Å². The number of hydrogen-bond acceptors (Lipinski definition) is 5. The lowest BCUT2D eigenvalue weighted by Crippen LogP contribution is -1.88. The second-order valence-electron chi connectivity index (χ2n) is 3.90. The van der Waals surface area contributed by atoms with E-state index in [4.69, 9.17) is 0 Å². The zero-order valence-electron chi connectivity index (χ0n) is 9.87. The number of aromatic nitrogens is 1. The number of anilines is 1. The molecule has 3 aromatic rings. The molecule has 0 aliphatic rings. The lowest BCUT2D eigenvalue weighted by atomic mass is 10.2. The molecule has 0 saturated heterocycles. The summed E-state index contributed by atoms with van der Waals surface area (Å²) < 4.78 is 4.44. The van der Waals surface area contributed by atoms with Crippen LogP contribution in [0.15, 0.2) is 52.9 Å². The fourth-order valence-electron chi connectivity index (χ4n) is 1.69. The first-order valence-corrected chi connectivity index (χ1v) is 7.37. The van der Waals surface area contributed by atoms with Gasteiger partial charge in [-0.15, -0.1) is 11.3 Å². The number of para-hydroxylation sites is 1. The van der Waals surface area contributed by atoms with Gasteiger partial charge < -0.3 is 4.72 Å². The Morgan fingerprint density at radius 2 is 2.00 bits per heavy atom. The van der Waals surface area contributed by atoms with E-state index >= 15 is 0 Å². The van der Waals surface area contributed by atoms with Gasteiger partial charge >= 0.3 is 0 Å². The van der Waals surface area contributed by atoms with E-state index in [-0.39, 0.29) is 0 Å². The van der Waals surface area contributed by atoms with Crippen molar-refractivity contribution >= 4 is 45.5 Å². The lowest BCUT2D eigenvalue weighted by Gasteiger charge is -2.05. The molecule has 0 aliphatic carbocycles. The van der Waals surface area contributed by atoms with Gasteiger partial charge in [-0.3, -0.25) is 4.79 Å². The average Bonchev–Trinajstić information content (AvgIpc) is 2.94. The number of benzene rings is 2. The van der Waals surface area contributed by atoms with Crippen LogP contribution in [0, 0.1) is 0 Å². The molecule has 5 heteroatoms. The van der Waals surface area contributed by atoms with Crippen molar-refractivity contribution in [2.45, 2.75) is 4.90 Å². The van der Waals surface area contributed by atoms with Gasteiger partial charge in [0.1, 0.15) is 6.29 Å². The maximum absolute atomic E-state index is 10.6. The smallest absolute Gasteiger partial charge is 0.150 e. The Hall–Kier alpha value is -1.85. The van der Waals surface area contributed by atoms with Crippen LogP contribution >= 0.6 is 23.3 Å². The van der Waals surface area contributed by atoms with Gasteiger partial charge in [0.2, 0.25) is 0 Å². The van der Waals surface area contributed by atoms with Gasteiger partial charge in [0, 0.05) is 11.3 Å². The number of thiazole rings is 1. The largest absolute Gasteiger partial charge is 0.326 e. The summed E-state index contributed by atoms with van der Waals surface area (Å²) in [4.78, 5) is 16.0. The number of carbonyl (C=O) groups is 1. The highest BCUT2D eigenvalue weighted by molar-refractivity contribution is 8.00. The maximum Gasteiger partial charge on any atom is 0.150 e. The predicted octanol–water partition coefficient (Wildman–Crippen LogP) is 4.23. The second-order valence-corrected chi connectivity index (χ2v) is 5.63. The molecule has 19 heavy (non-hydrogen) atoms.